The van der Waals surface area contributed by atoms with Crippen molar-refractivity contribution < 1.29 is 0 Å². The Morgan fingerprint density at radius 1 is 0.656 bits per heavy atom. The maximum absolute atomic E-state index is 4.38. The molecule has 0 N–H and O–H groups in total. The summed E-state index contributed by atoms with van der Waals surface area (Å²) in [7, 11) is 0. The van der Waals surface area contributed by atoms with Gasteiger partial charge in [0.05, 0.1) is 5.70 Å². The van der Waals surface area contributed by atoms with Crippen molar-refractivity contribution in [1.82, 2.24) is 0 Å². The topological polar surface area (TPSA) is 6.48 Å². The summed E-state index contributed by atoms with van der Waals surface area (Å²) in [6, 6.07) is 57.4. The van der Waals surface area contributed by atoms with E-state index in [1.807, 2.05) is 6.08 Å². The van der Waals surface area contributed by atoms with Gasteiger partial charge in [0.2, 0.25) is 0 Å². The Hall–Kier alpha value is -7.42. The molecule has 0 radical (unpaired) electrons. The molecule has 1 heterocycles. The molecule has 0 aromatic heterocycles. The Balaban J connectivity index is 1.09. The van der Waals surface area contributed by atoms with E-state index in [0.717, 1.165) is 34.8 Å². The van der Waals surface area contributed by atoms with Crippen LogP contribution in [0.1, 0.15) is 18.1 Å². The molecule has 0 bridgehead atoms. The van der Waals surface area contributed by atoms with E-state index in [-0.39, 0.29) is 11.8 Å². The Morgan fingerprint density at radius 3 is 2.02 bits per heavy atom. The van der Waals surface area contributed by atoms with Crippen molar-refractivity contribution in [1.29, 1.82) is 0 Å². The third-order valence-electron chi connectivity index (χ3n) is 12.4. The van der Waals surface area contributed by atoms with Crippen LogP contribution in [0.3, 0.4) is 0 Å². The molecule has 0 saturated heterocycles. The fraction of sp³-hybridized carbons (Fsp3) is 0.0847. The van der Waals surface area contributed by atoms with Gasteiger partial charge in [0.1, 0.15) is 0 Å². The lowest BCUT2D eigenvalue weighted by atomic mass is 9.75. The van der Waals surface area contributed by atoms with E-state index in [0.29, 0.717) is 6.54 Å². The van der Waals surface area contributed by atoms with Crippen LogP contribution in [-0.4, -0.2) is 6.54 Å². The van der Waals surface area contributed by atoms with Crippen LogP contribution < -0.4 is 9.80 Å². The number of benzene rings is 7. The highest BCUT2D eigenvalue weighted by atomic mass is 15.2. The molecule has 2 atom stereocenters. The maximum Gasteiger partial charge on any atom is 0.0503 e. The van der Waals surface area contributed by atoms with Crippen molar-refractivity contribution in [2.75, 3.05) is 16.3 Å². The van der Waals surface area contributed by atoms with Crippen molar-refractivity contribution in [3.8, 4) is 11.1 Å². The highest BCUT2D eigenvalue weighted by Crippen LogP contribution is 2.46. The first-order valence-corrected chi connectivity index (χ1v) is 21.4. The molecule has 2 aliphatic carbocycles. The molecule has 61 heavy (non-hydrogen) atoms. The second kappa shape index (κ2) is 16.7. The van der Waals surface area contributed by atoms with Gasteiger partial charge < -0.3 is 9.80 Å². The van der Waals surface area contributed by atoms with Gasteiger partial charge in [-0.15, -0.1) is 0 Å². The van der Waals surface area contributed by atoms with Gasteiger partial charge >= 0.3 is 0 Å². The van der Waals surface area contributed by atoms with Crippen LogP contribution in [0.4, 0.5) is 22.7 Å². The number of anilines is 4. The molecule has 0 fully saturated rings. The Morgan fingerprint density at radius 2 is 1.30 bits per heavy atom. The third kappa shape index (κ3) is 7.00. The molecule has 3 aliphatic rings. The van der Waals surface area contributed by atoms with E-state index in [4.69, 9.17) is 0 Å². The van der Waals surface area contributed by atoms with E-state index >= 15 is 0 Å². The van der Waals surface area contributed by atoms with Gasteiger partial charge in [-0.25, -0.2) is 0 Å². The van der Waals surface area contributed by atoms with E-state index in [1.54, 1.807) is 0 Å². The van der Waals surface area contributed by atoms with Crippen LogP contribution in [0, 0.1) is 11.8 Å². The standard InChI is InChI=1S/C59H48N2/c1-3-21-51-49(4-2)57(40-45-25-11-13-31-50(45)51)61(46-27-9-6-10-28-46)48-30-19-29-47(41-48)60-39-20-26-44(38-37-42-22-12-18-36-56(42)60)59-54-34-16-14-32-52(54)58(43-23-7-5-8-24-43)53-33-15-17-35-55(53)59/h3-36,38,40-41,45,50H,2,37,39H2,1H3/b21-3-,26-20-,44-38+. The Labute approximate surface area is 360 Å². The van der Waals surface area contributed by atoms with Gasteiger partial charge in [-0.05, 0) is 105 Å². The fourth-order valence-corrected chi connectivity index (χ4v) is 9.70. The van der Waals surface area contributed by atoms with Crippen molar-refractivity contribution in [2.24, 2.45) is 11.8 Å². The molecular formula is C59H48N2. The first-order chi connectivity index (χ1) is 30.2. The zero-order chi connectivity index (χ0) is 41.1. The number of hydrogen-bond donors (Lipinski definition) is 0. The third-order valence-corrected chi connectivity index (χ3v) is 12.4. The van der Waals surface area contributed by atoms with Gasteiger partial charge in [0.25, 0.3) is 0 Å². The van der Waals surface area contributed by atoms with Crippen molar-refractivity contribution >= 4 is 49.9 Å². The predicted octanol–water partition coefficient (Wildman–Crippen LogP) is 15.4. The van der Waals surface area contributed by atoms with Gasteiger partial charge in [-0.2, -0.15) is 0 Å². The summed E-state index contributed by atoms with van der Waals surface area (Å²) in [5, 5.41) is 5.07. The monoisotopic (exact) mass is 784 g/mol. The summed E-state index contributed by atoms with van der Waals surface area (Å²) >= 11 is 0. The number of hydrogen-bond acceptors (Lipinski definition) is 2. The summed E-state index contributed by atoms with van der Waals surface area (Å²) in [6.45, 7) is 7.18. The smallest absolute Gasteiger partial charge is 0.0503 e. The largest absolute Gasteiger partial charge is 0.337 e. The normalized spacial score (nSPS) is 18.7. The number of allylic oxidation sites excluding steroid dienone is 12. The average molecular weight is 785 g/mol. The quantitative estimate of drug-likeness (QED) is 0.142. The van der Waals surface area contributed by atoms with Crippen LogP contribution in [0.2, 0.25) is 0 Å². The van der Waals surface area contributed by atoms with Gasteiger partial charge in [0.15, 0.2) is 0 Å². The second-order valence-corrected chi connectivity index (χ2v) is 15.9. The summed E-state index contributed by atoms with van der Waals surface area (Å²) in [6.07, 6.45) is 25.8. The first-order valence-electron chi connectivity index (χ1n) is 21.4. The number of fused-ring (bicyclic) bond motifs is 4. The Bertz CT molecular complexity index is 2950. The fourth-order valence-electron chi connectivity index (χ4n) is 9.70. The molecule has 0 saturated carbocycles. The molecule has 2 heteroatoms. The van der Waals surface area contributed by atoms with Crippen molar-refractivity contribution in [3.05, 3.63) is 259 Å². The van der Waals surface area contributed by atoms with E-state index < -0.39 is 0 Å². The number of para-hydroxylation sites is 2. The first kappa shape index (κ1) is 37.8. The maximum atomic E-state index is 4.38. The summed E-state index contributed by atoms with van der Waals surface area (Å²) in [5.74, 6) is 0.510. The van der Waals surface area contributed by atoms with Crippen LogP contribution in [0.15, 0.2) is 248 Å². The lowest BCUT2D eigenvalue weighted by molar-refractivity contribution is 0.623. The van der Waals surface area contributed by atoms with Crippen LogP contribution in [0.25, 0.3) is 38.2 Å². The molecular weight excluding hydrogens is 737 g/mol. The SMILES string of the molecule is C=CC1=C(/C=C\C)C2C=CC=CC2C=C1N(c1ccccc1)c1cccc(N2C/C=C\C(c3c4ccccc4c(-c4ccccc4)c4ccccc34)=C/Cc3ccccc32)c1. The van der Waals surface area contributed by atoms with Crippen LogP contribution >= 0.6 is 0 Å². The molecule has 7 aromatic rings. The minimum absolute atomic E-state index is 0.241. The van der Waals surface area contributed by atoms with E-state index in [1.165, 1.54) is 60.6 Å². The van der Waals surface area contributed by atoms with Crippen LogP contribution in [-0.2, 0) is 6.42 Å². The predicted molar refractivity (Wildman–Crippen MR) is 262 cm³/mol. The molecule has 2 unspecified atom stereocenters. The van der Waals surface area contributed by atoms with Crippen LogP contribution in [0.5, 0.6) is 0 Å². The minimum Gasteiger partial charge on any atom is -0.337 e. The van der Waals surface area contributed by atoms with Gasteiger partial charge in [0, 0.05) is 46.7 Å². The minimum atomic E-state index is 0.241. The lowest BCUT2D eigenvalue weighted by Crippen LogP contribution is -2.27. The summed E-state index contributed by atoms with van der Waals surface area (Å²) in [4.78, 5) is 4.89. The molecule has 7 aromatic carbocycles. The van der Waals surface area contributed by atoms with Gasteiger partial charge in [-0.1, -0.05) is 195 Å². The summed E-state index contributed by atoms with van der Waals surface area (Å²) in [5.41, 5.74) is 14.5. The molecule has 294 valence electrons. The number of nitrogens with zero attached hydrogens (tertiary/aromatic N) is 2. The molecule has 0 amide bonds. The highest BCUT2D eigenvalue weighted by molar-refractivity contribution is 6.19. The Kier molecular flexibility index (Phi) is 10.3. The lowest BCUT2D eigenvalue weighted by Gasteiger charge is -2.37. The molecule has 10 rings (SSSR count). The van der Waals surface area contributed by atoms with Crippen molar-refractivity contribution in [3.63, 3.8) is 0 Å². The summed E-state index contributed by atoms with van der Waals surface area (Å²) < 4.78 is 0. The van der Waals surface area contributed by atoms with E-state index in [9.17, 15) is 0 Å². The molecule has 1 aliphatic heterocycles. The molecule has 0 spiro atoms. The second-order valence-electron chi connectivity index (χ2n) is 15.9. The average Bonchev–Trinajstić information content (AvgIpc) is 3.41. The number of rotatable bonds is 8. The van der Waals surface area contributed by atoms with E-state index in [2.05, 4.69) is 242 Å². The van der Waals surface area contributed by atoms with Crippen molar-refractivity contribution in [2.45, 2.75) is 13.3 Å². The highest BCUT2D eigenvalue weighted by Gasteiger charge is 2.31. The molecule has 2 nitrogen and oxygen atoms in total. The zero-order valence-electron chi connectivity index (χ0n) is 34.5. The van der Waals surface area contributed by atoms with Gasteiger partial charge in [-0.3, -0.25) is 0 Å². The zero-order valence-corrected chi connectivity index (χ0v) is 34.5.